The number of ether oxygens (including phenoxy) is 1. The molecule has 0 saturated carbocycles. The van der Waals surface area contributed by atoms with E-state index in [1.165, 1.54) is 32.4 Å². The van der Waals surface area contributed by atoms with E-state index in [1.807, 2.05) is 0 Å². The molecule has 0 aliphatic carbocycles. The molecule has 0 spiro atoms. The number of rotatable bonds is 1. The summed E-state index contributed by atoms with van der Waals surface area (Å²) in [6.07, 6.45) is 4.80. The summed E-state index contributed by atoms with van der Waals surface area (Å²) >= 11 is 0. The van der Waals surface area contributed by atoms with E-state index >= 15 is 0 Å². The van der Waals surface area contributed by atoms with Crippen LogP contribution in [-0.4, -0.2) is 21.0 Å². The van der Waals surface area contributed by atoms with Crippen LogP contribution in [0.1, 0.15) is 25.5 Å². The fourth-order valence-corrected chi connectivity index (χ4v) is 1.23. The van der Waals surface area contributed by atoms with Crippen LogP contribution in [0.2, 0.25) is 0 Å². The molecule has 0 aliphatic rings. The Balaban J connectivity index is 0. The van der Waals surface area contributed by atoms with E-state index in [0.717, 1.165) is 6.20 Å². The van der Waals surface area contributed by atoms with Gasteiger partial charge in [-0.1, -0.05) is 13.2 Å². The average molecular weight is 332 g/mol. The Hall–Kier alpha value is -1.70. The molecule has 0 fully saturated rings. The second-order valence-electron chi connectivity index (χ2n) is 4.12. The quantitative estimate of drug-likeness (QED) is 0.546. The molecule has 2 aromatic heterocycles. The van der Waals surface area contributed by atoms with Gasteiger partial charge in [-0.2, -0.15) is 0 Å². The Morgan fingerprint density at radius 1 is 1.17 bits per heavy atom. The number of nitrogens with zero attached hydrogens (tertiary/aromatic N) is 2. The number of pyridine rings is 2. The summed E-state index contributed by atoms with van der Waals surface area (Å²) in [5, 5.41) is 19.5. The van der Waals surface area contributed by atoms with Gasteiger partial charge < -0.3 is 14.9 Å². The van der Waals surface area contributed by atoms with Gasteiger partial charge in [0.25, 0.3) is 0 Å². The van der Waals surface area contributed by atoms with E-state index in [2.05, 4.69) is 14.7 Å². The molecule has 0 radical (unpaired) electrons. The number of carbonyl (C=O) groups excluding carboxylic acids is 1. The molecular formula is C15H18FN2NaO4. The Bertz CT molecular complexity index is 633. The van der Waals surface area contributed by atoms with Crippen LogP contribution >= 0.6 is 0 Å². The second kappa shape index (κ2) is 10.9. The van der Waals surface area contributed by atoms with Gasteiger partial charge in [0.05, 0.1) is 18.6 Å². The van der Waals surface area contributed by atoms with Crippen LogP contribution in [-0.2, 0) is 4.79 Å². The van der Waals surface area contributed by atoms with Gasteiger partial charge in [-0.3, -0.25) is 14.8 Å². The summed E-state index contributed by atoms with van der Waals surface area (Å²) in [6, 6.07) is 0. The molecule has 0 aromatic carbocycles. The maximum atomic E-state index is 12.8. The van der Waals surface area contributed by atoms with E-state index < -0.39 is 11.8 Å². The van der Waals surface area contributed by atoms with E-state index in [4.69, 9.17) is 5.11 Å². The topological polar surface area (TPSA) is 95.4 Å². The zero-order valence-electron chi connectivity index (χ0n) is 12.8. The minimum Gasteiger partial charge on any atom is -0.871 e. The number of halogens is 1. The van der Waals surface area contributed by atoms with Gasteiger partial charge in [0.1, 0.15) is 11.6 Å². The minimum absolute atomic E-state index is 0. The normalized spacial score (nSPS) is 8.70. The average Bonchev–Trinajstić information content (AvgIpc) is 2.41. The molecule has 0 aliphatic heterocycles. The Labute approximate surface area is 156 Å². The molecule has 23 heavy (non-hydrogen) atoms. The molecule has 120 valence electrons. The molecule has 0 bridgehead atoms. The molecule has 2 heterocycles. The molecule has 0 atom stereocenters. The summed E-state index contributed by atoms with van der Waals surface area (Å²) < 4.78 is 17.5. The molecule has 0 unspecified atom stereocenters. The molecule has 1 N–H and O–H groups in total. The molecule has 8 heteroatoms. The first-order chi connectivity index (χ1) is 9.82. The van der Waals surface area contributed by atoms with E-state index in [1.54, 1.807) is 6.92 Å². The predicted molar refractivity (Wildman–Crippen MR) is 77.1 cm³/mol. The van der Waals surface area contributed by atoms with Crippen molar-refractivity contribution in [3.05, 3.63) is 41.7 Å². The third kappa shape index (κ3) is 7.40. The number of carbonyl (C=O) groups is 1. The first-order valence-electron chi connectivity index (χ1n) is 5.92. The van der Waals surface area contributed by atoms with E-state index in [9.17, 15) is 14.3 Å². The van der Waals surface area contributed by atoms with Gasteiger partial charge in [0.2, 0.25) is 0 Å². The van der Waals surface area contributed by atoms with Gasteiger partial charge in [0, 0.05) is 18.7 Å². The van der Waals surface area contributed by atoms with Gasteiger partial charge in [-0.15, -0.1) is 0 Å². The van der Waals surface area contributed by atoms with E-state index in [-0.39, 0.29) is 54.2 Å². The predicted octanol–water partition coefficient (Wildman–Crippen LogP) is -0.736. The standard InChI is InChI=1S/C8H8FNO2.C6H7NO2.CH4.Na/c1-5-7(9)3-10-4-8(5)12-6(2)11;1-4-5(8)2-7-3-6(4)9;;/h3-4H,1-2H3;2-3,8-9H,1H3;1H4;/q;;;+1/p-1. The largest absolute Gasteiger partial charge is 1.00 e. The molecule has 6 nitrogen and oxygen atoms in total. The summed E-state index contributed by atoms with van der Waals surface area (Å²) in [5.74, 6) is -1.06. The van der Waals surface area contributed by atoms with Crippen LogP contribution in [0.25, 0.3) is 0 Å². The zero-order chi connectivity index (χ0) is 16.0. The summed E-state index contributed by atoms with van der Waals surface area (Å²) in [6.45, 7) is 4.33. The van der Waals surface area contributed by atoms with Gasteiger partial charge in [-0.25, -0.2) is 4.39 Å². The number of aromatic nitrogens is 2. The van der Waals surface area contributed by atoms with Crippen LogP contribution in [0, 0.1) is 19.7 Å². The monoisotopic (exact) mass is 332 g/mol. The van der Waals surface area contributed by atoms with Crippen molar-refractivity contribution in [2.75, 3.05) is 0 Å². The fourth-order valence-electron chi connectivity index (χ4n) is 1.23. The van der Waals surface area contributed by atoms with Crippen molar-refractivity contribution >= 4 is 5.97 Å². The summed E-state index contributed by atoms with van der Waals surface area (Å²) in [7, 11) is 0. The van der Waals surface area contributed by atoms with Gasteiger partial charge in [-0.05, 0) is 19.4 Å². The van der Waals surface area contributed by atoms with Gasteiger partial charge >= 0.3 is 35.5 Å². The molecular weight excluding hydrogens is 314 g/mol. The number of hydrogen-bond acceptors (Lipinski definition) is 6. The third-order valence-electron chi connectivity index (χ3n) is 2.50. The SMILES string of the molecule is C.CC(=O)Oc1cncc(F)c1C.Cc1c([O-])cncc1O.[Na+]. The van der Waals surface area contributed by atoms with Crippen LogP contribution in [0.5, 0.6) is 17.2 Å². The van der Waals surface area contributed by atoms with Crippen molar-refractivity contribution in [3.63, 3.8) is 0 Å². The van der Waals surface area contributed by atoms with Crippen LogP contribution < -0.4 is 39.4 Å². The number of aromatic hydroxyl groups is 1. The van der Waals surface area contributed by atoms with Crippen molar-refractivity contribution in [3.8, 4) is 17.2 Å². The Morgan fingerprint density at radius 2 is 1.74 bits per heavy atom. The van der Waals surface area contributed by atoms with Crippen LogP contribution in [0.15, 0.2) is 24.8 Å². The number of hydrogen-bond donors (Lipinski definition) is 1. The fraction of sp³-hybridized carbons (Fsp3) is 0.267. The summed E-state index contributed by atoms with van der Waals surface area (Å²) in [4.78, 5) is 17.5. The molecule has 2 aromatic rings. The van der Waals surface area contributed by atoms with Crippen molar-refractivity contribution in [2.45, 2.75) is 28.2 Å². The first kappa shape index (κ1) is 23.6. The maximum absolute atomic E-state index is 12.8. The van der Waals surface area contributed by atoms with Crippen molar-refractivity contribution in [1.29, 1.82) is 0 Å². The minimum atomic E-state index is -0.481. The van der Waals surface area contributed by atoms with Crippen molar-refractivity contribution in [1.82, 2.24) is 9.97 Å². The third-order valence-corrected chi connectivity index (χ3v) is 2.50. The Morgan fingerprint density at radius 3 is 2.22 bits per heavy atom. The maximum Gasteiger partial charge on any atom is 1.00 e. The molecule has 2 rings (SSSR count). The Kier molecular flexibility index (Phi) is 11.2. The van der Waals surface area contributed by atoms with E-state index in [0.29, 0.717) is 11.1 Å². The first-order valence-corrected chi connectivity index (χ1v) is 5.92. The van der Waals surface area contributed by atoms with Crippen molar-refractivity contribution < 1.29 is 53.7 Å². The smallest absolute Gasteiger partial charge is 0.871 e. The molecule has 0 saturated heterocycles. The van der Waals surface area contributed by atoms with Crippen LogP contribution in [0.3, 0.4) is 0 Å². The van der Waals surface area contributed by atoms with Crippen molar-refractivity contribution in [2.24, 2.45) is 0 Å². The second-order valence-corrected chi connectivity index (χ2v) is 4.12. The number of esters is 1. The summed E-state index contributed by atoms with van der Waals surface area (Å²) in [5.41, 5.74) is 0.644. The van der Waals surface area contributed by atoms with Crippen LogP contribution in [0.4, 0.5) is 4.39 Å². The van der Waals surface area contributed by atoms with Gasteiger partial charge in [0.15, 0.2) is 5.75 Å². The zero-order valence-corrected chi connectivity index (χ0v) is 14.8. The molecule has 0 amide bonds.